The zero-order valence-electron chi connectivity index (χ0n) is 8.99. The highest BCUT2D eigenvalue weighted by atomic mass is 16.5. The normalized spacial score (nSPS) is 9.00. The van der Waals surface area contributed by atoms with E-state index in [4.69, 9.17) is 10.00 Å². The number of nitriles is 1. The van der Waals surface area contributed by atoms with Crippen molar-refractivity contribution in [2.24, 2.45) is 0 Å². The lowest BCUT2D eigenvalue weighted by molar-refractivity contribution is -0.116. The number of amides is 1. The highest BCUT2D eigenvalue weighted by Crippen LogP contribution is 2.18. The van der Waals surface area contributed by atoms with E-state index >= 15 is 0 Å². The smallest absolute Gasteiger partial charge is 0.243 e. The number of benzene rings is 1. The van der Waals surface area contributed by atoms with Crippen LogP contribution in [0, 0.1) is 11.3 Å². The van der Waals surface area contributed by atoms with Gasteiger partial charge in [-0.15, -0.1) is 0 Å². The van der Waals surface area contributed by atoms with Crippen molar-refractivity contribution in [3.63, 3.8) is 0 Å². The van der Waals surface area contributed by atoms with Gasteiger partial charge < -0.3 is 10.1 Å². The molecule has 0 spiro atoms. The molecule has 1 aromatic rings. The molecular formula is C12H12N2O2. The first kappa shape index (κ1) is 11.8. The highest BCUT2D eigenvalue weighted by Gasteiger charge is 2.03. The van der Waals surface area contributed by atoms with Crippen molar-refractivity contribution in [1.29, 1.82) is 5.26 Å². The number of methoxy groups -OCH3 is 1. The van der Waals surface area contributed by atoms with E-state index in [1.807, 2.05) is 6.07 Å². The molecular weight excluding hydrogens is 204 g/mol. The SMILES string of the molecule is C=CC(=O)NCc1ccc(OC)c(C#N)c1. The number of hydrogen-bond donors (Lipinski definition) is 1. The maximum absolute atomic E-state index is 10.9. The minimum absolute atomic E-state index is 0.241. The van der Waals surface area contributed by atoms with Crippen molar-refractivity contribution in [1.82, 2.24) is 5.32 Å². The van der Waals surface area contributed by atoms with Gasteiger partial charge in [-0.2, -0.15) is 5.26 Å². The first-order valence-corrected chi connectivity index (χ1v) is 4.68. The van der Waals surface area contributed by atoms with Crippen LogP contribution in [0.15, 0.2) is 30.9 Å². The molecule has 0 fully saturated rings. The van der Waals surface area contributed by atoms with Crippen LogP contribution in [0.4, 0.5) is 0 Å². The fraction of sp³-hybridized carbons (Fsp3) is 0.167. The van der Waals surface area contributed by atoms with Gasteiger partial charge in [0.1, 0.15) is 11.8 Å². The summed E-state index contributed by atoms with van der Waals surface area (Å²) in [5.41, 5.74) is 1.29. The summed E-state index contributed by atoms with van der Waals surface area (Å²) in [6.07, 6.45) is 1.20. The van der Waals surface area contributed by atoms with E-state index in [0.717, 1.165) is 5.56 Å². The monoisotopic (exact) mass is 216 g/mol. The summed E-state index contributed by atoms with van der Waals surface area (Å²) in [5, 5.41) is 11.5. The van der Waals surface area contributed by atoms with Gasteiger partial charge in [0, 0.05) is 6.54 Å². The Labute approximate surface area is 94.1 Å². The van der Waals surface area contributed by atoms with Crippen molar-refractivity contribution in [2.75, 3.05) is 7.11 Å². The molecule has 0 saturated carbocycles. The summed E-state index contributed by atoms with van der Waals surface area (Å²) in [6, 6.07) is 7.21. The van der Waals surface area contributed by atoms with Crippen LogP contribution in [0.25, 0.3) is 0 Å². The zero-order valence-corrected chi connectivity index (χ0v) is 8.99. The third-order valence-electron chi connectivity index (χ3n) is 2.04. The molecule has 0 saturated heterocycles. The van der Waals surface area contributed by atoms with Gasteiger partial charge in [-0.25, -0.2) is 0 Å². The predicted octanol–water partition coefficient (Wildman–Crippen LogP) is 1.37. The molecule has 0 aromatic heterocycles. The standard InChI is InChI=1S/C12H12N2O2/c1-3-12(15)14-8-9-4-5-11(16-2)10(6-9)7-13/h3-6H,1,8H2,2H3,(H,14,15). The molecule has 0 aliphatic rings. The topological polar surface area (TPSA) is 62.1 Å². The Bertz CT molecular complexity index is 447. The molecule has 0 unspecified atom stereocenters. The first-order valence-electron chi connectivity index (χ1n) is 4.68. The Morgan fingerprint density at radius 1 is 1.69 bits per heavy atom. The summed E-state index contributed by atoms with van der Waals surface area (Å²) in [6.45, 7) is 3.71. The van der Waals surface area contributed by atoms with Gasteiger partial charge >= 0.3 is 0 Å². The Hall–Kier alpha value is -2.28. The summed E-state index contributed by atoms with van der Waals surface area (Å²) in [5.74, 6) is 0.288. The second-order valence-corrected chi connectivity index (χ2v) is 3.07. The van der Waals surface area contributed by atoms with Gasteiger partial charge in [-0.1, -0.05) is 12.6 Å². The van der Waals surface area contributed by atoms with Crippen LogP contribution in [0.1, 0.15) is 11.1 Å². The maximum atomic E-state index is 10.9. The molecule has 4 heteroatoms. The fourth-order valence-corrected chi connectivity index (χ4v) is 1.21. The molecule has 0 aliphatic heterocycles. The second-order valence-electron chi connectivity index (χ2n) is 3.07. The summed E-state index contributed by atoms with van der Waals surface area (Å²) < 4.78 is 5.01. The van der Waals surface area contributed by atoms with E-state index in [1.165, 1.54) is 13.2 Å². The molecule has 4 nitrogen and oxygen atoms in total. The quantitative estimate of drug-likeness (QED) is 0.773. The minimum atomic E-state index is -0.241. The third kappa shape index (κ3) is 2.85. The molecule has 1 N–H and O–H groups in total. The third-order valence-corrected chi connectivity index (χ3v) is 2.04. The average molecular weight is 216 g/mol. The van der Waals surface area contributed by atoms with Crippen LogP contribution in [0.3, 0.4) is 0 Å². The van der Waals surface area contributed by atoms with Crippen molar-refractivity contribution in [3.05, 3.63) is 42.0 Å². The summed E-state index contributed by atoms with van der Waals surface area (Å²) in [4.78, 5) is 10.9. The van der Waals surface area contributed by atoms with Crippen molar-refractivity contribution in [2.45, 2.75) is 6.54 Å². The van der Waals surface area contributed by atoms with Crippen molar-refractivity contribution < 1.29 is 9.53 Å². The van der Waals surface area contributed by atoms with E-state index in [1.54, 1.807) is 18.2 Å². The lowest BCUT2D eigenvalue weighted by Crippen LogP contribution is -2.19. The number of nitrogens with one attached hydrogen (secondary N) is 1. The number of hydrogen-bond acceptors (Lipinski definition) is 3. The Morgan fingerprint density at radius 2 is 2.44 bits per heavy atom. The Balaban J connectivity index is 2.80. The van der Waals surface area contributed by atoms with Crippen LogP contribution in [-0.4, -0.2) is 13.0 Å². The van der Waals surface area contributed by atoms with Gasteiger partial charge in [0.25, 0.3) is 0 Å². The Morgan fingerprint density at radius 3 is 3.00 bits per heavy atom. The van der Waals surface area contributed by atoms with Gasteiger partial charge in [-0.05, 0) is 23.8 Å². The summed E-state index contributed by atoms with van der Waals surface area (Å²) in [7, 11) is 1.51. The lowest BCUT2D eigenvalue weighted by Gasteiger charge is -2.06. The van der Waals surface area contributed by atoms with Crippen LogP contribution in [-0.2, 0) is 11.3 Å². The molecule has 1 amide bonds. The van der Waals surface area contributed by atoms with Crippen molar-refractivity contribution >= 4 is 5.91 Å². The molecule has 1 rings (SSSR count). The van der Waals surface area contributed by atoms with Gasteiger partial charge in [-0.3, -0.25) is 4.79 Å². The number of rotatable bonds is 4. The van der Waals surface area contributed by atoms with Gasteiger partial charge in [0.15, 0.2) is 0 Å². The van der Waals surface area contributed by atoms with E-state index in [2.05, 4.69) is 11.9 Å². The molecule has 16 heavy (non-hydrogen) atoms. The number of ether oxygens (including phenoxy) is 1. The number of carbonyl (C=O) groups excluding carboxylic acids is 1. The van der Waals surface area contributed by atoms with E-state index in [0.29, 0.717) is 17.9 Å². The molecule has 0 heterocycles. The number of carbonyl (C=O) groups is 1. The lowest BCUT2D eigenvalue weighted by atomic mass is 10.1. The van der Waals surface area contributed by atoms with E-state index < -0.39 is 0 Å². The maximum Gasteiger partial charge on any atom is 0.243 e. The van der Waals surface area contributed by atoms with Crippen LogP contribution >= 0.6 is 0 Å². The zero-order chi connectivity index (χ0) is 12.0. The summed E-state index contributed by atoms with van der Waals surface area (Å²) >= 11 is 0. The average Bonchev–Trinajstić information content (AvgIpc) is 2.35. The molecule has 0 atom stereocenters. The molecule has 82 valence electrons. The van der Waals surface area contributed by atoms with Crippen LogP contribution in [0.2, 0.25) is 0 Å². The van der Waals surface area contributed by atoms with E-state index in [9.17, 15) is 4.79 Å². The van der Waals surface area contributed by atoms with E-state index in [-0.39, 0.29) is 5.91 Å². The minimum Gasteiger partial charge on any atom is -0.495 e. The molecule has 0 aliphatic carbocycles. The van der Waals surface area contributed by atoms with Gasteiger partial charge in [0.2, 0.25) is 5.91 Å². The molecule has 0 bridgehead atoms. The highest BCUT2D eigenvalue weighted by molar-refractivity contribution is 5.86. The first-order chi connectivity index (χ1) is 7.71. The van der Waals surface area contributed by atoms with Crippen LogP contribution in [0.5, 0.6) is 5.75 Å². The Kier molecular flexibility index (Phi) is 4.10. The largest absolute Gasteiger partial charge is 0.495 e. The molecule has 0 radical (unpaired) electrons. The van der Waals surface area contributed by atoms with Crippen LogP contribution < -0.4 is 10.1 Å². The van der Waals surface area contributed by atoms with Crippen molar-refractivity contribution in [3.8, 4) is 11.8 Å². The second kappa shape index (κ2) is 5.56. The number of nitrogens with zero attached hydrogens (tertiary/aromatic N) is 1. The van der Waals surface area contributed by atoms with Gasteiger partial charge in [0.05, 0.1) is 12.7 Å². The molecule has 1 aromatic carbocycles. The predicted molar refractivity (Wildman–Crippen MR) is 59.8 cm³/mol. The fourth-order valence-electron chi connectivity index (χ4n) is 1.21.